The molecule has 2 atom stereocenters. The van der Waals surface area contributed by atoms with Crippen molar-refractivity contribution in [3.8, 4) is 11.5 Å². The second kappa shape index (κ2) is 8.54. The van der Waals surface area contributed by atoms with Crippen LogP contribution in [0.4, 0.5) is 0 Å². The highest BCUT2D eigenvalue weighted by Crippen LogP contribution is 2.39. The Bertz CT molecular complexity index is 682. The molecule has 2 rings (SSSR count). The average molecular weight is 411 g/mol. The highest BCUT2D eigenvalue weighted by atomic mass is 79.9. The van der Waals surface area contributed by atoms with Crippen LogP contribution in [0.15, 0.2) is 42.0 Å². The number of carboxylic acids is 1. The highest BCUT2D eigenvalue weighted by molar-refractivity contribution is 9.10. The van der Waals surface area contributed by atoms with Crippen molar-refractivity contribution in [1.82, 2.24) is 0 Å². The van der Waals surface area contributed by atoms with E-state index in [1.807, 2.05) is 13.8 Å². The fourth-order valence-corrected chi connectivity index (χ4v) is 3.33. The van der Waals surface area contributed by atoms with E-state index in [1.165, 1.54) is 6.08 Å². The van der Waals surface area contributed by atoms with Crippen molar-refractivity contribution in [3.63, 3.8) is 0 Å². The average Bonchev–Trinajstić information content (AvgIpc) is 2.58. The van der Waals surface area contributed by atoms with Gasteiger partial charge in [-0.3, -0.25) is 0 Å². The lowest BCUT2D eigenvalue weighted by Gasteiger charge is -2.36. The Kier molecular flexibility index (Phi) is 6.67. The maximum atomic E-state index is 11.7. The molecule has 0 aliphatic heterocycles. The van der Waals surface area contributed by atoms with Crippen LogP contribution in [0.1, 0.15) is 32.3 Å². The number of alkyl halides is 1. The first-order valence-electron chi connectivity index (χ1n) is 8.36. The molecule has 0 bridgehead atoms. The quantitative estimate of drug-likeness (QED) is 0.628. The first-order chi connectivity index (χ1) is 11.9. The van der Waals surface area contributed by atoms with Crippen LogP contribution in [-0.4, -0.2) is 33.4 Å². The van der Waals surface area contributed by atoms with Crippen molar-refractivity contribution in [2.45, 2.75) is 43.7 Å². The molecular formula is C19H23BrO5. The molecule has 0 saturated heterocycles. The van der Waals surface area contributed by atoms with Gasteiger partial charge < -0.3 is 19.7 Å². The number of rotatable bonds is 8. The van der Waals surface area contributed by atoms with E-state index in [2.05, 4.69) is 15.9 Å². The van der Waals surface area contributed by atoms with E-state index in [1.54, 1.807) is 30.4 Å². The smallest absolute Gasteiger partial charge is 0.335 e. The van der Waals surface area contributed by atoms with Gasteiger partial charge in [-0.1, -0.05) is 32.4 Å². The molecule has 0 spiro atoms. The molecular weight excluding hydrogens is 388 g/mol. The predicted molar refractivity (Wildman–Crippen MR) is 99.3 cm³/mol. The minimum absolute atomic E-state index is 0.0845. The standard InChI is InChI=1S/C19H23BrO5/c1-3-7-13-15(21)9-5-10-16(13)25-17-14(18(22)23)8-6-11-19(17,20)24-12-4-2/h5-6,8-11,17,21H,3-4,7,12H2,1-2H3,(H,22,23). The van der Waals surface area contributed by atoms with Crippen LogP contribution in [0.25, 0.3) is 0 Å². The minimum atomic E-state index is -1.08. The third-order valence-corrected chi connectivity index (χ3v) is 4.78. The lowest BCUT2D eigenvalue weighted by atomic mass is 9.98. The zero-order valence-corrected chi connectivity index (χ0v) is 16.0. The molecule has 0 aromatic heterocycles. The van der Waals surface area contributed by atoms with Crippen LogP contribution in [0, 0.1) is 0 Å². The molecule has 0 saturated carbocycles. The van der Waals surface area contributed by atoms with Gasteiger partial charge in [-0.15, -0.1) is 0 Å². The number of aliphatic carboxylic acids is 1. The highest BCUT2D eigenvalue weighted by Gasteiger charge is 2.44. The van der Waals surface area contributed by atoms with Crippen molar-refractivity contribution >= 4 is 21.9 Å². The molecule has 1 aliphatic rings. The second-order valence-electron chi connectivity index (χ2n) is 5.83. The molecule has 6 heteroatoms. The lowest BCUT2D eigenvalue weighted by molar-refractivity contribution is -0.134. The summed E-state index contributed by atoms with van der Waals surface area (Å²) in [5, 5.41) is 19.7. The van der Waals surface area contributed by atoms with Crippen molar-refractivity contribution < 1.29 is 24.5 Å². The molecule has 1 aliphatic carbocycles. The molecule has 0 radical (unpaired) electrons. The predicted octanol–water partition coefficient (Wildman–Crippen LogP) is 4.19. The fourth-order valence-electron chi connectivity index (χ4n) is 2.67. The maximum absolute atomic E-state index is 11.7. The van der Waals surface area contributed by atoms with Gasteiger partial charge in [-0.05, 0) is 53.1 Å². The Morgan fingerprint density at radius 3 is 2.72 bits per heavy atom. The number of aromatic hydroxyl groups is 1. The Hall–Kier alpha value is -1.79. The van der Waals surface area contributed by atoms with Crippen LogP contribution in [-0.2, 0) is 16.0 Å². The number of hydrogen-bond donors (Lipinski definition) is 2. The second-order valence-corrected chi connectivity index (χ2v) is 7.07. The number of allylic oxidation sites excluding steroid dienone is 2. The van der Waals surface area contributed by atoms with Gasteiger partial charge >= 0.3 is 5.97 Å². The van der Waals surface area contributed by atoms with Gasteiger partial charge in [-0.2, -0.15) is 0 Å². The number of carbonyl (C=O) groups is 1. The molecule has 136 valence electrons. The van der Waals surface area contributed by atoms with Gasteiger partial charge in [-0.25, -0.2) is 4.79 Å². The van der Waals surface area contributed by atoms with E-state index in [9.17, 15) is 15.0 Å². The van der Waals surface area contributed by atoms with E-state index >= 15 is 0 Å². The van der Waals surface area contributed by atoms with Gasteiger partial charge in [0, 0.05) is 12.2 Å². The van der Waals surface area contributed by atoms with Crippen molar-refractivity contribution in [2.75, 3.05) is 6.61 Å². The van der Waals surface area contributed by atoms with E-state index in [0.29, 0.717) is 24.3 Å². The number of carboxylic acid groups (broad SMARTS) is 1. The summed E-state index contributed by atoms with van der Waals surface area (Å²) >= 11 is 3.51. The summed E-state index contributed by atoms with van der Waals surface area (Å²) in [7, 11) is 0. The zero-order valence-electron chi connectivity index (χ0n) is 14.4. The number of hydrogen-bond acceptors (Lipinski definition) is 4. The molecule has 0 heterocycles. The first kappa shape index (κ1) is 19.5. The third kappa shape index (κ3) is 4.44. The summed E-state index contributed by atoms with van der Waals surface area (Å²) < 4.78 is 10.8. The summed E-state index contributed by atoms with van der Waals surface area (Å²) in [5.41, 5.74) is 0.746. The molecule has 5 nitrogen and oxygen atoms in total. The molecule has 2 N–H and O–H groups in total. The van der Waals surface area contributed by atoms with Crippen LogP contribution in [0.2, 0.25) is 0 Å². The number of benzene rings is 1. The molecule has 1 aromatic rings. The fraction of sp³-hybridized carbons (Fsp3) is 0.421. The summed E-state index contributed by atoms with van der Waals surface area (Å²) in [6, 6.07) is 5.01. The number of ether oxygens (including phenoxy) is 2. The Balaban J connectivity index is 2.41. The Morgan fingerprint density at radius 1 is 1.32 bits per heavy atom. The summed E-state index contributed by atoms with van der Waals surface area (Å²) in [5.74, 6) is -0.477. The van der Waals surface area contributed by atoms with Crippen molar-refractivity contribution in [1.29, 1.82) is 0 Å². The van der Waals surface area contributed by atoms with E-state index < -0.39 is 16.6 Å². The van der Waals surface area contributed by atoms with Gasteiger partial charge in [0.1, 0.15) is 11.5 Å². The summed E-state index contributed by atoms with van der Waals surface area (Å²) in [4.78, 5) is 11.7. The first-order valence-corrected chi connectivity index (χ1v) is 9.15. The third-order valence-electron chi connectivity index (χ3n) is 3.87. The van der Waals surface area contributed by atoms with E-state index in [-0.39, 0.29) is 11.3 Å². The van der Waals surface area contributed by atoms with Crippen LogP contribution >= 0.6 is 15.9 Å². The zero-order chi connectivity index (χ0) is 18.4. The van der Waals surface area contributed by atoms with E-state index in [4.69, 9.17) is 9.47 Å². The molecule has 1 aromatic carbocycles. The Morgan fingerprint density at radius 2 is 2.08 bits per heavy atom. The lowest BCUT2D eigenvalue weighted by Crippen LogP contribution is -2.46. The normalized spacial score (nSPS) is 22.5. The number of halogens is 1. The molecule has 2 unspecified atom stereocenters. The van der Waals surface area contributed by atoms with Crippen LogP contribution in [0.5, 0.6) is 11.5 Å². The summed E-state index contributed by atoms with van der Waals surface area (Å²) in [6.45, 7) is 4.42. The van der Waals surface area contributed by atoms with Gasteiger partial charge in [0.2, 0.25) is 0 Å². The number of phenolic OH excluding ortho intramolecular Hbond substituents is 1. The Labute approximate surface area is 156 Å². The van der Waals surface area contributed by atoms with Gasteiger partial charge in [0.05, 0.1) is 5.57 Å². The molecule has 25 heavy (non-hydrogen) atoms. The van der Waals surface area contributed by atoms with Gasteiger partial charge in [0.25, 0.3) is 0 Å². The monoisotopic (exact) mass is 410 g/mol. The molecule has 0 fully saturated rings. The van der Waals surface area contributed by atoms with Gasteiger partial charge in [0.15, 0.2) is 10.6 Å². The SMILES string of the molecule is CCCOC1(Br)C=CC=C(C(=O)O)C1Oc1cccc(O)c1CCC. The van der Waals surface area contributed by atoms with E-state index in [0.717, 1.165) is 12.8 Å². The summed E-state index contributed by atoms with van der Waals surface area (Å²) in [6.07, 6.45) is 6.23. The maximum Gasteiger partial charge on any atom is 0.335 e. The minimum Gasteiger partial charge on any atom is -0.508 e. The van der Waals surface area contributed by atoms with Crippen LogP contribution in [0.3, 0.4) is 0 Å². The molecule has 0 amide bonds. The topological polar surface area (TPSA) is 76.0 Å². The van der Waals surface area contributed by atoms with Crippen LogP contribution < -0.4 is 4.74 Å². The largest absolute Gasteiger partial charge is 0.508 e. The number of phenols is 1. The van der Waals surface area contributed by atoms with Crippen molar-refractivity contribution in [3.05, 3.63) is 47.6 Å². The van der Waals surface area contributed by atoms with Crippen molar-refractivity contribution in [2.24, 2.45) is 0 Å².